The molecule has 18 aromatic rings. The molecule has 8 bridgehead atoms. The molecular formula is C129H120N6. The highest BCUT2D eigenvalue weighted by Crippen LogP contribution is 2.68. The van der Waals surface area contributed by atoms with Crippen molar-refractivity contribution in [2.24, 2.45) is 23.7 Å². The number of hydrogen-bond donors (Lipinski definition) is 0. The molecular weight excluding hydrogens is 1630 g/mol. The fraction of sp³-hybridized carbons (Fsp3) is 0.225. The molecule has 8 aliphatic rings. The highest BCUT2D eigenvalue weighted by Gasteiger charge is 2.60. The number of benzene rings is 16. The van der Waals surface area contributed by atoms with Gasteiger partial charge in [0.05, 0.1) is 22.1 Å². The van der Waals surface area contributed by atoms with Crippen molar-refractivity contribution in [2.75, 3.05) is 19.6 Å². The van der Waals surface area contributed by atoms with E-state index in [4.69, 9.17) is 0 Å². The van der Waals surface area contributed by atoms with Gasteiger partial charge in [-0.25, -0.2) is 0 Å². The molecule has 0 radical (unpaired) electrons. The molecule has 4 unspecified atom stereocenters. The maximum atomic E-state index is 4.03. The standard InChI is InChI=1S/C65H61N3.C64H59N3/c1-4-6-12-48-21-29-55(30-22-48)66(56-31-25-52(26-32-56)65-43-49-39-50(44-65)42-64(41-49,45-65)51-23-19-47(5-2)20-24-51)57-33-35-58(36-34-57)67(54-27-17-46(3)18-28-54)59-37-38-63-61(40-59)60-15-10-11-16-62(60)68(63)53-13-8-7-9-14-53;1-3-5-14-47-23-29-54(30-24-47)65(55-31-27-51(28-32-55)64-43-48-39-49(44-64)42-63(41-48,45-64)50-25-21-46(4-2)22-26-50)56-33-35-57(36-34-56)66(52-15-8-6-9-16-52)58-37-38-62-60(40-58)59-19-12-13-20-61(59)67(62)53-17-10-7-11-18-53/h5,7-11,13-38,40,49-50H,2,4,6,12,39,41-45H2,1,3H3;4,6-13,15-38,40,48-49H,2-3,5,14,39,41-45H2,1H3. The van der Waals surface area contributed by atoms with E-state index < -0.39 is 0 Å². The molecule has 6 nitrogen and oxygen atoms in total. The third-order valence-corrected chi connectivity index (χ3v) is 32.0. The summed E-state index contributed by atoms with van der Waals surface area (Å²) in [6.07, 6.45) is 26.9. The Balaban J connectivity index is 0.000000152. The van der Waals surface area contributed by atoms with Crippen LogP contribution in [0.15, 0.2) is 407 Å². The van der Waals surface area contributed by atoms with Crippen LogP contribution in [0.1, 0.15) is 167 Å². The van der Waals surface area contributed by atoms with Gasteiger partial charge in [0, 0.05) is 101 Å². The first kappa shape index (κ1) is 85.0. The molecule has 135 heavy (non-hydrogen) atoms. The molecule has 666 valence electrons. The number of unbranched alkanes of at least 4 members (excludes halogenated alkanes) is 2. The van der Waals surface area contributed by atoms with Crippen LogP contribution >= 0.6 is 0 Å². The summed E-state index contributed by atoms with van der Waals surface area (Å²) in [5, 5.41) is 4.96. The van der Waals surface area contributed by atoms with Crippen molar-refractivity contribution in [3.63, 3.8) is 0 Å². The van der Waals surface area contributed by atoms with Crippen molar-refractivity contribution >= 4 is 124 Å². The van der Waals surface area contributed by atoms with Gasteiger partial charge in [-0.2, -0.15) is 0 Å². The van der Waals surface area contributed by atoms with Gasteiger partial charge < -0.3 is 28.7 Å². The molecule has 0 saturated heterocycles. The number of anilines is 12. The number of aryl methyl sites for hydroxylation is 3. The van der Waals surface area contributed by atoms with E-state index in [1.807, 2.05) is 12.2 Å². The lowest BCUT2D eigenvalue weighted by Gasteiger charge is -2.63. The van der Waals surface area contributed by atoms with Crippen LogP contribution in [0.2, 0.25) is 0 Å². The second kappa shape index (κ2) is 35.6. The lowest BCUT2D eigenvalue weighted by molar-refractivity contribution is -0.0282. The van der Waals surface area contributed by atoms with Gasteiger partial charge in [-0.1, -0.05) is 258 Å². The average molecular weight is 1750 g/mol. The predicted octanol–water partition coefficient (Wildman–Crippen LogP) is 35.3. The van der Waals surface area contributed by atoms with Crippen LogP contribution in [-0.4, -0.2) is 9.13 Å². The van der Waals surface area contributed by atoms with E-state index in [1.54, 1.807) is 11.1 Å². The molecule has 0 N–H and O–H groups in total. The van der Waals surface area contributed by atoms with Crippen molar-refractivity contribution in [1.82, 2.24) is 9.13 Å². The summed E-state index contributed by atoms with van der Waals surface area (Å²) in [6, 6.07) is 148. The van der Waals surface area contributed by atoms with Crippen LogP contribution in [0, 0.1) is 30.6 Å². The first-order valence-corrected chi connectivity index (χ1v) is 49.9. The largest absolute Gasteiger partial charge is 0.311 e. The maximum Gasteiger partial charge on any atom is 0.0542 e. The molecule has 0 amide bonds. The summed E-state index contributed by atoms with van der Waals surface area (Å²) < 4.78 is 4.77. The fourth-order valence-corrected chi connectivity index (χ4v) is 26.6. The van der Waals surface area contributed by atoms with Crippen molar-refractivity contribution in [2.45, 2.75) is 158 Å². The lowest BCUT2D eigenvalue weighted by atomic mass is 9.41. The molecule has 8 aliphatic carbocycles. The van der Waals surface area contributed by atoms with Gasteiger partial charge in [-0.05, 0) is 394 Å². The Kier molecular flexibility index (Phi) is 22.4. The summed E-state index contributed by atoms with van der Waals surface area (Å²) in [7, 11) is 0. The lowest BCUT2D eigenvalue weighted by Crippen LogP contribution is -2.55. The molecule has 2 aromatic heterocycles. The summed E-state index contributed by atoms with van der Waals surface area (Å²) >= 11 is 0. The molecule has 8 fully saturated rings. The predicted molar refractivity (Wildman–Crippen MR) is 571 cm³/mol. The average Bonchev–Trinajstić information content (AvgIpc) is 1.54. The Morgan fingerprint density at radius 3 is 0.837 bits per heavy atom. The topological polar surface area (TPSA) is 22.8 Å². The van der Waals surface area contributed by atoms with Gasteiger partial charge in [0.1, 0.15) is 0 Å². The molecule has 4 atom stereocenters. The second-order valence-electron chi connectivity index (χ2n) is 40.7. The maximum absolute atomic E-state index is 4.03. The minimum Gasteiger partial charge on any atom is -0.311 e. The zero-order valence-corrected chi connectivity index (χ0v) is 78.3. The van der Waals surface area contributed by atoms with Crippen LogP contribution in [-0.2, 0) is 34.5 Å². The SMILES string of the molecule is C=Cc1ccc(C23CC4CC(C2)CC(c2ccc(N(c5ccc(CCCC)cc5)c5ccc(N(c6ccc(C)cc6)c6ccc7c(c6)c6ccccc6n7-c6ccccc6)cc5)cc2)(C4)C3)cc1.C=Cc1ccc(C23CC4CC(C2)CC(c2ccc(N(c5ccc(CCCC)cc5)c5ccc(N(c6ccccc6)c6ccc7c(c6)c6ccccc6n7-c6ccccc6)cc5)cc2)(C4)C3)cc1. The molecule has 26 rings (SSSR count). The van der Waals surface area contributed by atoms with Gasteiger partial charge in [-0.3, -0.25) is 0 Å². The Morgan fingerprint density at radius 2 is 0.519 bits per heavy atom. The third kappa shape index (κ3) is 15.9. The number of aromatic nitrogens is 2. The van der Waals surface area contributed by atoms with Crippen LogP contribution in [0.25, 0.3) is 67.1 Å². The molecule has 0 spiro atoms. The van der Waals surface area contributed by atoms with Crippen molar-refractivity contribution in [1.29, 1.82) is 0 Å². The highest BCUT2D eigenvalue weighted by atomic mass is 15.2. The second-order valence-corrected chi connectivity index (χ2v) is 40.7. The summed E-state index contributed by atoms with van der Waals surface area (Å²) in [4.78, 5) is 9.72. The quantitative estimate of drug-likeness (QED) is 0.0539. The van der Waals surface area contributed by atoms with Crippen LogP contribution in [0.5, 0.6) is 0 Å². The van der Waals surface area contributed by atoms with Gasteiger partial charge in [-0.15, -0.1) is 0 Å². The minimum atomic E-state index is 0.228. The monoisotopic (exact) mass is 1750 g/mol. The van der Waals surface area contributed by atoms with E-state index in [0.29, 0.717) is 0 Å². The van der Waals surface area contributed by atoms with Gasteiger partial charge >= 0.3 is 0 Å². The number of fused-ring (bicyclic) bond motifs is 6. The van der Waals surface area contributed by atoms with E-state index in [-0.39, 0.29) is 21.7 Å². The van der Waals surface area contributed by atoms with Gasteiger partial charge in [0.2, 0.25) is 0 Å². The van der Waals surface area contributed by atoms with Gasteiger partial charge in [0.15, 0.2) is 0 Å². The van der Waals surface area contributed by atoms with E-state index in [9.17, 15) is 0 Å². The Bertz CT molecular complexity index is 7270. The first-order chi connectivity index (χ1) is 66.4. The molecule has 6 heteroatoms. The van der Waals surface area contributed by atoms with E-state index in [2.05, 4.69) is 457 Å². The smallest absolute Gasteiger partial charge is 0.0542 e. The first-order valence-electron chi connectivity index (χ1n) is 49.9. The number of rotatable bonds is 26. The Labute approximate surface area is 797 Å². The van der Waals surface area contributed by atoms with Crippen molar-refractivity contribution < 1.29 is 0 Å². The summed E-state index contributed by atoms with van der Waals surface area (Å²) in [5.41, 5.74) is 34.5. The third-order valence-electron chi connectivity index (χ3n) is 32.0. The van der Waals surface area contributed by atoms with E-state index >= 15 is 0 Å². The summed E-state index contributed by atoms with van der Waals surface area (Å²) in [6.45, 7) is 14.8. The Morgan fingerprint density at radius 1 is 0.267 bits per heavy atom. The van der Waals surface area contributed by atoms with Crippen LogP contribution in [0.4, 0.5) is 68.2 Å². The highest BCUT2D eigenvalue weighted by molar-refractivity contribution is 6.12. The molecule has 2 heterocycles. The van der Waals surface area contributed by atoms with E-state index in [0.717, 1.165) is 82.0 Å². The number of para-hydroxylation sites is 5. The van der Waals surface area contributed by atoms with Crippen LogP contribution < -0.4 is 19.6 Å². The van der Waals surface area contributed by atoms with E-state index in [1.165, 1.54) is 219 Å². The Hall–Kier alpha value is -14.2. The van der Waals surface area contributed by atoms with Crippen molar-refractivity contribution in [3.05, 3.63) is 458 Å². The summed E-state index contributed by atoms with van der Waals surface area (Å²) in [5.74, 6) is 3.20. The molecule has 8 saturated carbocycles. The number of nitrogens with zero attached hydrogens (tertiary/aromatic N) is 6. The van der Waals surface area contributed by atoms with Crippen molar-refractivity contribution in [3.8, 4) is 11.4 Å². The number of hydrogen-bond acceptors (Lipinski definition) is 4. The molecule has 0 aliphatic heterocycles. The minimum absolute atomic E-state index is 0.228. The fourth-order valence-electron chi connectivity index (χ4n) is 26.6. The van der Waals surface area contributed by atoms with Crippen LogP contribution in [0.3, 0.4) is 0 Å². The zero-order valence-electron chi connectivity index (χ0n) is 78.3. The van der Waals surface area contributed by atoms with Gasteiger partial charge in [0.25, 0.3) is 0 Å². The zero-order chi connectivity index (χ0) is 90.8. The normalized spacial score (nSPS) is 20.6. The molecule has 16 aromatic carbocycles.